The Morgan fingerprint density at radius 2 is 1.36 bits per heavy atom. The van der Waals surface area contributed by atoms with Gasteiger partial charge in [0.25, 0.3) is 0 Å². The van der Waals surface area contributed by atoms with Crippen molar-refractivity contribution < 1.29 is 0 Å². The molecule has 3 saturated heterocycles. The second kappa shape index (κ2) is 20.2. The molecule has 170 valence electrons. The van der Waals surface area contributed by atoms with Crippen molar-refractivity contribution in [3.05, 3.63) is 0 Å². The summed E-state index contributed by atoms with van der Waals surface area (Å²) in [5.74, 6) is 1.97. The minimum absolute atomic E-state index is 0.888. The Balaban J connectivity index is 0.000000374. The van der Waals surface area contributed by atoms with Gasteiger partial charge in [-0.25, -0.2) is 0 Å². The van der Waals surface area contributed by atoms with Gasteiger partial charge in [0.1, 0.15) is 0 Å². The third-order valence-corrected chi connectivity index (χ3v) is 6.46. The fourth-order valence-electron chi connectivity index (χ4n) is 4.51. The molecule has 3 aliphatic rings. The van der Waals surface area contributed by atoms with Crippen LogP contribution in [0.1, 0.15) is 105 Å². The molecule has 3 heteroatoms. The number of rotatable bonds is 4. The second-order valence-electron chi connectivity index (χ2n) is 8.66. The maximum absolute atomic E-state index is 3.42. The predicted molar refractivity (Wildman–Crippen MR) is 128 cm³/mol. The van der Waals surface area contributed by atoms with Gasteiger partial charge in [-0.3, -0.25) is 0 Å². The Labute approximate surface area is 178 Å². The van der Waals surface area contributed by atoms with E-state index in [1.807, 2.05) is 13.8 Å². The number of nitrogens with one attached hydrogen (secondary N) is 2. The summed E-state index contributed by atoms with van der Waals surface area (Å²) >= 11 is 0. The van der Waals surface area contributed by atoms with E-state index in [0.717, 1.165) is 17.9 Å². The second-order valence-corrected chi connectivity index (χ2v) is 8.66. The van der Waals surface area contributed by atoms with E-state index in [1.54, 1.807) is 0 Å². The third kappa shape index (κ3) is 14.0. The summed E-state index contributed by atoms with van der Waals surface area (Å²) < 4.78 is 0. The van der Waals surface area contributed by atoms with Crippen LogP contribution < -0.4 is 10.6 Å². The molecular formula is C25H55N3. The summed E-state index contributed by atoms with van der Waals surface area (Å²) in [5, 5.41) is 6.81. The maximum atomic E-state index is 3.42. The summed E-state index contributed by atoms with van der Waals surface area (Å²) in [6.45, 7) is 17.2. The Hall–Kier alpha value is -0.120. The molecule has 0 amide bonds. The highest BCUT2D eigenvalue weighted by Gasteiger charge is 2.15. The largest absolute Gasteiger partial charge is 0.316 e. The molecule has 0 aliphatic carbocycles. The molecule has 0 spiro atoms. The molecule has 0 saturated carbocycles. The lowest BCUT2D eigenvalue weighted by Gasteiger charge is -2.31. The van der Waals surface area contributed by atoms with E-state index in [2.05, 4.69) is 43.4 Å². The Morgan fingerprint density at radius 1 is 0.750 bits per heavy atom. The van der Waals surface area contributed by atoms with Gasteiger partial charge in [-0.15, -0.1) is 0 Å². The van der Waals surface area contributed by atoms with Crippen molar-refractivity contribution in [3.8, 4) is 0 Å². The quantitative estimate of drug-likeness (QED) is 0.601. The fourth-order valence-corrected chi connectivity index (χ4v) is 4.51. The average molecular weight is 398 g/mol. The maximum Gasteiger partial charge on any atom is 0.00895 e. The van der Waals surface area contributed by atoms with Crippen molar-refractivity contribution >= 4 is 0 Å². The number of hydrogen-bond donors (Lipinski definition) is 2. The first-order valence-electron chi connectivity index (χ1n) is 12.8. The lowest BCUT2D eigenvalue weighted by atomic mass is 9.95. The number of likely N-dealkylation sites (tertiary alicyclic amines) is 1. The van der Waals surface area contributed by atoms with Gasteiger partial charge in [-0.2, -0.15) is 0 Å². The molecule has 3 unspecified atom stereocenters. The first-order valence-corrected chi connectivity index (χ1v) is 12.8. The highest BCUT2D eigenvalue weighted by atomic mass is 15.1. The smallest absolute Gasteiger partial charge is 0.00895 e. The van der Waals surface area contributed by atoms with Crippen LogP contribution in [0, 0.1) is 11.8 Å². The minimum Gasteiger partial charge on any atom is -0.316 e. The van der Waals surface area contributed by atoms with Gasteiger partial charge in [0.05, 0.1) is 0 Å². The average Bonchev–Trinajstić information content (AvgIpc) is 2.78. The molecule has 3 heterocycles. The van der Waals surface area contributed by atoms with Crippen molar-refractivity contribution in [1.82, 2.24) is 15.5 Å². The van der Waals surface area contributed by atoms with Crippen molar-refractivity contribution in [2.24, 2.45) is 11.8 Å². The van der Waals surface area contributed by atoms with Crippen LogP contribution in [0.2, 0.25) is 0 Å². The van der Waals surface area contributed by atoms with Crippen LogP contribution >= 0.6 is 0 Å². The van der Waals surface area contributed by atoms with Crippen LogP contribution in [0.15, 0.2) is 0 Å². The number of piperidine rings is 3. The van der Waals surface area contributed by atoms with Gasteiger partial charge in [0.15, 0.2) is 0 Å². The fraction of sp³-hybridized carbons (Fsp3) is 1.00. The van der Waals surface area contributed by atoms with E-state index < -0.39 is 0 Å². The molecule has 2 N–H and O–H groups in total. The van der Waals surface area contributed by atoms with Gasteiger partial charge < -0.3 is 15.5 Å². The summed E-state index contributed by atoms with van der Waals surface area (Å²) in [6, 6.07) is 0.888. The predicted octanol–water partition coefficient (Wildman–Crippen LogP) is 6.09. The summed E-state index contributed by atoms with van der Waals surface area (Å²) in [7, 11) is 2.24. The molecule has 3 aliphatic heterocycles. The molecule has 3 atom stereocenters. The zero-order valence-corrected chi connectivity index (χ0v) is 20.5. The Morgan fingerprint density at radius 3 is 1.71 bits per heavy atom. The zero-order chi connectivity index (χ0) is 21.0. The lowest BCUT2D eigenvalue weighted by molar-refractivity contribution is 0.181. The van der Waals surface area contributed by atoms with E-state index in [9.17, 15) is 0 Å². The molecule has 0 bridgehead atoms. The van der Waals surface area contributed by atoms with E-state index in [1.165, 1.54) is 103 Å². The number of hydrogen-bond acceptors (Lipinski definition) is 3. The molecule has 3 nitrogen and oxygen atoms in total. The van der Waals surface area contributed by atoms with Crippen LogP contribution in [-0.4, -0.2) is 50.7 Å². The molecule has 0 aromatic carbocycles. The van der Waals surface area contributed by atoms with Crippen molar-refractivity contribution in [3.63, 3.8) is 0 Å². The van der Waals surface area contributed by atoms with Crippen molar-refractivity contribution in [1.29, 1.82) is 0 Å². The summed E-state index contributed by atoms with van der Waals surface area (Å²) in [5.41, 5.74) is 0. The van der Waals surface area contributed by atoms with Crippen LogP contribution in [0.25, 0.3) is 0 Å². The van der Waals surface area contributed by atoms with E-state index in [4.69, 9.17) is 0 Å². The monoisotopic (exact) mass is 397 g/mol. The summed E-state index contributed by atoms with van der Waals surface area (Å²) in [4.78, 5) is 2.49. The van der Waals surface area contributed by atoms with E-state index >= 15 is 0 Å². The van der Waals surface area contributed by atoms with E-state index in [-0.39, 0.29) is 0 Å². The van der Waals surface area contributed by atoms with Crippen LogP contribution in [-0.2, 0) is 0 Å². The Bertz CT molecular complexity index is 291. The van der Waals surface area contributed by atoms with Crippen molar-refractivity contribution in [2.45, 2.75) is 111 Å². The minimum atomic E-state index is 0.888. The van der Waals surface area contributed by atoms with Gasteiger partial charge in [0, 0.05) is 6.04 Å². The molecule has 0 radical (unpaired) electrons. The lowest BCUT2D eigenvalue weighted by Crippen LogP contribution is -2.35. The van der Waals surface area contributed by atoms with Gasteiger partial charge in [-0.05, 0) is 103 Å². The van der Waals surface area contributed by atoms with Crippen LogP contribution in [0.5, 0.6) is 0 Å². The first kappa shape index (κ1) is 27.9. The molecule has 28 heavy (non-hydrogen) atoms. The third-order valence-electron chi connectivity index (χ3n) is 6.46. The van der Waals surface area contributed by atoms with E-state index in [0.29, 0.717) is 0 Å². The Kier molecular flexibility index (Phi) is 20.1. The molecule has 0 aromatic rings. The van der Waals surface area contributed by atoms with Crippen molar-refractivity contribution in [2.75, 3.05) is 39.8 Å². The highest BCUT2D eigenvalue weighted by Crippen LogP contribution is 2.17. The molecule has 0 aromatic heterocycles. The summed E-state index contributed by atoms with van der Waals surface area (Å²) in [6.07, 6.45) is 15.4. The standard InChI is InChI=1S/2C8H17N.C7H15N.C2H6/c1-3-8-6-4-5-7-9(8)2;1-2-4-8-5-3-6-9-7-8;1-2-7-4-3-5-8-6-7;1-2/h8H,3-7H2,1-2H3;8-9H,2-7H2,1H3;7-8H,2-6H2,1H3;1-2H3. The van der Waals surface area contributed by atoms with Crippen LogP contribution in [0.3, 0.4) is 0 Å². The highest BCUT2D eigenvalue weighted by molar-refractivity contribution is 4.72. The molecular weight excluding hydrogens is 342 g/mol. The van der Waals surface area contributed by atoms with Gasteiger partial charge in [0.2, 0.25) is 0 Å². The van der Waals surface area contributed by atoms with Gasteiger partial charge >= 0.3 is 0 Å². The van der Waals surface area contributed by atoms with Crippen LogP contribution in [0.4, 0.5) is 0 Å². The first-order chi connectivity index (χ1) is 13.7. The topological polar surface area (TPSA) is 27.3 Å². The number of nitrogens with zero attached hydrogens (tertiary/aromatic N) is 1. The zero-order valence-electron chi connectivity index (χ0n) is 20.5. The normalized spacial score (nSPS) is 27.9. The van der Waals surface area contributed by atoms with Gasteiger partial charge in [-0.1, -0.05) is 53.9 Å². The molecule has 3 rings (SSSR count). The molecule has 3 fully saturated rings. The SMILES string of the molecule is CC.CCC1CCCCN1C.CCC1CCCNC1.CCCC1CCCNC1.